The number of nitrogens with zero attached hydrogens (tertiary/aromatic N) is 2. The summed E-state index contributed by atoms with van der Waals surface area (Å²) in [5.41, 5.74) is 2.20. The van der Waals surface area contributed by atoms with E-state index in [1.165, 1.54) is 12.1 Å². The highest BCUT2D eigenvalue weighted by molar-refractivity contribution is 9.10. The van der Waals surface area contributed by atoms with Crippen LogP contribution < -0.4 is 0 Å². The molecule has 1 aromatic carbocycles. The van der Waals surface area contributed by atoms with E-state index >= 15 is 0 Å². The summed E-state index contributed by atoms with van der Waals surface area (Å²) >= 11 is 3.41. The van der Waals surface area contributed by atoms with Crippen molar-refractivity contribution in [3.05, 3.63) is 75.8 Å². The molecule has 1 aromatic heterocycles. The Morgan fingerprint density at radius 3 is 2.86 bits per heavy atom. The van der Waals surface area contributed by atoms with Crippen molar-refractivity contribution < 1.29 is 9.50 Å². The third-order valence-corrected chi connectivity index (χ3v) is 4.01. The molecule has 2 rings (SSSR count). The van der Waals surface area contributed by atoms with Crippen molar-refractivity contribution in [2.24, 2.45) is 0 Å². The lowest BCUT2D eigenvalue weighted by molar-refractivity contribution is 0.177. The van der Waals surface area contributed by atoms with Gasteiger partial charge in [0, 0.05) is 28.9 Å². The normalized spacial score (nSPS) is 11.7. The highest BCUT2D eigenvalue weighted by Crippen LogP contribution is 2.27. The molecule has 1 heterocycles. The van der Waals surface area contributed by atoms with E-state index in [1.807, 2.05) is 0 Å². The van der Waals surface area contributed by atoms with Gasteiger partial charge >= 0.3 is 0 Å². The number of hydrogen-bond acceptors (Lipinski definition) is 3. The highest BCUT2D eigenvalue weighted by Gasteiger charge is 2.16. The van der Waals surface area contributed by atoms with E-state index in [9.17, 15) is 9.50 Å². The molecule has 0 aliphatic heterocycles. The molecule has 0 spiro atoms. The number of halogens is 2. The molecular formula is C17H14BrFN2O. The summed E-state index contributed by atoms with van der Waals surface area (Å²) in [6.07, 6.45) is 5.04. The van der Waals surface area contributed by atoms with E-state index in [2.05, 4.69) is 27.5 Å². The summed E-state index contributed by atoms with van der Waals surface area (Å²) in [5.74, 6) is -0.578. The van der Waals surface area contributed by atoms with E-state index < -0.39 is 11.9 Å². The second kappa shape index (κ2) is 7.30. The van der Waals surface area contributed by atoms with Crippen molar-refractivity contribution in [2.45, 2.75) is 18.9 Å². The number of nitriles is 1. The molecule has 0 saturated carbocycles. The number of hydrogen-bond donors (Lipinski definition) is 1. The smallest absolute Gasteiger partial charge is 0.141 e. The highest BCUT2D eigenvalue weighted by atomic mass is 79.9. The van der Waals surface area contributed by atoms with E-state index in [0.717, 1.165) is 10.0 Å². The van der Waals surface area contributed by atoms with Gasteiger partial charge in [0.25, 0.3) is 0 Å². The molecule has 112 valence electrons. The van der Waals surface area contributed by atoms with Gasteiger partial charge in [-0.1, -0.05) is 12.1 Å². The standard InChI is InChI=1S/C17H14BrFN2O/c1-2-3-13-14(9-21-10-15(13)18)17(22)7-11-4-5-12(8-20)16(19)6-11/h2,4-6,9-10,17,22H,1,3,7H2. The van der Waals surface area contributed by atoms with Crippen LogP contribution >= 0.6 is 15.9 Å². The van der Waals surface area contributed by atoms with Crippen LogP contribution in [-0.4, -0.2) is 10.1 Å². The van der Waals surface area contributed by atoms with Crippen molar-refractivity contribution in [3.63, 3.8) is 0 Å². The minimum absolute atomic E-state index is 0.00490. The molecule has 22 heavy (non-hydrogen) atoms. The molecule has 1 unspecified atom stereocenters. The first-order chi connectivity index (χ1) is 10.6. The van der Waals surface area contributed by atoms with Crippen molar-refractivity contribution in [2.75, 3.05) is 0 Å². The predicted molar refractivity (Wildman–Crippen MR) is 85.6 cm³/mol. The first-order valence-electron chi connectivity index (χ1n) is 6.66. The average molecular weight is 361 g/mol. The summed E-state index contributed by atoms with van der Waals surface area (Å²) in [7, 11) is 0. The van der Waals surface area contributed by atoms with Gasteiger partial charge in [0.2, 0.25) is 0 Å². The number of pyridine rings is 1. The quantitative estimate of drug-likeness (QED) is 0.823. The third kappa shape index (κ3) is 3.59. The van der Waals surface area contributed by atoms with Crippen molar-refractivity contribution in [1.29, 1.82) is 5.26 Å². The summed E-state index contributed by atoms with van der Waals surface area (Å²) in [5, 5.41) is 19.2. The molecule has 0 saturated heterocycles. The summed E-state index contributed by atoms with van der Waals surface area (Å²) in [6.45, 7) is 3.71. The van der Waals surface area contributed by atoms with E-state index in [0.29, 0.717) is 17.5 Å². The molecule has 0 fully saturated rings. The second-order valence-corrected chi connectivity index (χ2v) is 5.68. The molecular weight excluding hydrogens is 347 g/mol. The Balaban J connectivity index is 2.28. The Hall–Kier alpha value is -2.03. The zero-order valence-electron chi connectivity index (χ0n) is 11.8. The van der Waals surface area contributed by atoms with Gasteiger partial charge in [-0.2, -0.15) is 5.26 Å². The van der Waals surface area contributed by atoms with Gasteiger partial charge in [-0.15, -0.1) is 6.58 Å². The molecule has 0 bridgehead atoms. The van der Waals surface area contributed by atoms with Crippen LogP contribution in [0.3, 0.4) is 0 Å². The summed E-state index contributed by atoms with van der Waals surface area (Å²) in [4.78, 5) is 4.08. The molecule has 2 aromatic rings. The minimum Gasteiger partial charge on any atom is -0.388 e. The lowest BCUT2D eigenvalue weighted by Gasteiger charge is -2.16. The largest absolute Gasteiger partial charge is 0.388 e. The summed E-state index contributed by atoms with van der Waals surface area (Å²) in [6, 6.07) is 6.11. The fraction of sp³-hybridized carbons (Fsp3) is 0.176. The third-order valence-electron chi connectivity index (χ3n) is 3.33. The molecule has 0 amide bonds. The van der Waals surface area contributed by atoms with E-state index in [1.54, 1.807) is 30.6 Å². The maximum absolute atomic E-state index is 13.6. The van der Waals surface area contributed by atoms with Crippen LogP contribution in [0.2, 0.25) is 0 Å². The van der Waals surface area contributed by atoms with Crippen LogP contribution in [0, 0.1) is 17.1 Å². The molecule has 1 atom stereocenters. The lowest BCUT2D eigenvalue weighted by atomic mass is 9.97. The van der Waals surface area contributed by atoms with Crippen LogP contribution in [0.5, 0.6) is 0 Å². The SMILES string of the molecule is C=CCc1c(Br)cncc1C(O)Cc1ccc(C#N)c(F)c1. The van der Waals surface area contributed by atoms with Crippen LogP contribution in [0.4, 0.5) is 4.39 Å². The Kier molecular flexibility index (Phi) is 5.42. The molecule has 3 nitrogen and oxygen atoms in total. The molecule has 0 aliphatic carbocycles. The van der Waals surface area contributed by atoms with Crippen LogP contribution in [0.1, 0.15) is 28.4 Å². The second-order valence-electron chi connectivity index (χ2n) is 4.83. The Morgan fingerprint density at radius 1 is 1.45 bits per heavy atom. The van der Waals surface area contributed by atoms with Gasteiger partial charge in [0.15, 0.2) is 0 Å². The van der Waals surface area contributed by atoms with Gasteiger partial charge in [-0.25, -0.2) is 4.39 Å². The number of allylic oxidation sites excluding steroid dienone is 1. The monoisotopic (exact) mass is 360 g/mol. The fourth-order valence-corrected chi connectivity index (χ4v) is 2.74. The van der Waals surface area contributed by atoms with Gasteiger partial charge in [-0.05, 0) is 45.6 Å². The van der Waals surface area contributed by atoms with Crippen LogP contribution in [0.25, 0.3) is 0 Å². The number of aliphatic hydroxyl groups excluding tert-OH is 1. The van der Waals surface area contributed by atoms with Gasteiger partial charge in [-0.3, -0.25) is 4.98 Å². The lowest BCUT2D eigenvalue weighted by Crippen LogP contribution is -2.07. The average Bonchev–Trinajstić information content (AvgIpc) is 2.49. The number of aliphatic hydroxyl groups is 1. The Bertz CT molecular complexity index is 740. The van der Waals surface area contributed by atoms with Gasteiger partial charge in [0.05, 0.1) is 11.7 Å². The molecule has 0 radical (unpaired) electrons. The minimum atomic E-state index is -0.813. The fourth-order valence-electron chi connectivity index (χ4n) is 2.23. The number of benzene rings is 1. The van der Waals surface area contributed by atoms with Gasteiger partial charge in [0.1, 0.15) is 11.9 Å². The van der Waals surface area contributed by atoms with Crippen molar-refractivity contribution in [3.8, 4) is 6.07 Å². The molecule has 5 heteroatoms. The maximum Gasteiger partial charge on any atom is 0.141 e. The molecule has 0 aliphatic rings. The topological polar surface area (TPSA) is 56.9 Å². The molecule has 1 N–H and O–H groups in total. The van der Waals surface area contributed by atoms with Crippen LogP contribution in [-0.2, 0) is 12.8 Å². The first kappa shape index (κ1) is 16.3. The summed E-state index contributed by atoms with van der Waals surface area (Å²) < 4.78 is 14.4. The predicted octanol–water partition coefficient (Wildman–Crippen LogP) is 3.86. The zero-order chi connectivity index (χ0) is 16.1. The van der Waals surface area contributed by atoms with Crippen LogP contribution in [0.15, 0.2) is 47.7 Å². The first-order valence-corrected chi connectivity index (χ1v) is 7.46. The van der Waals surface area contributed by atoms with E-state index in [4.69, 9.17) is 5.26 Å². The van der Waals surface area contributed by atoms with E-state index in [-0.39, 0.29) is 12.0 Å². The Morgan fingerprint density at radius 2 is 2.23 bits per heavy atom. The Labute approximate surface area is 136 Å². The number of rotatable bonds is 5. The van der Waals surface area contributed by atoms with Crippen molar-refractivity contribution in [1.82, 2.24) is 4.98 Å². The zero-order valence-corrected chi connectivity index (χ0v) is 13.3. The van der Waals surface area contributed by atoms with Gasteiger partial charge < -0.3 is 5.11 Å². The van der Waals surface area contributed by atoms with Crippen molar-refractivity contribution >= 4 is 15.9 Å². The maximum atomic E-state index is 13.6. The number of aromatic nitrogens is 1.